The number of fused-ring (bicyclic) bond motifs is 2. The Kier molecular flexibility index (Phi) is 7.86. The average Bonchev–Trinajstić information content (AvgIpc) is 2.82. The molecule has 2 unspecified atom stereocenters. The lowest BCUT2D eigenvalue weighted by atomic mass is 9.63. The van der Waals surface area contributed by atoms with Crippen molar-refractivity contribution < 1.29 is 13.9 Å². The van der Waals surface area contributed by atoms with Gasteiger partial charge in [0.25, 0.3) is 0 Å². The number of unbranched alkanes of at least 4 members (excludes halogenated alkanes) is 4. The van der Waals surface area contributed by atoms with Crippen molar-refractivity contribution in [3.8, 4) is 0 Å². The van der Waals surface area contributed by atoms with E-state index >= 15 is 0 Å². The fraction of sp³-hybridized carbons (Fsp3) is 0.621. The highest BCUT2D eigenvalue weighted by Gasteiger charge is 2.35. The molecule has 0 N–H and O–H groups in total. The molecule has 2 aromatic rings. The molecule has 4 rings (SSSR count). The van der Waals surface area contributed by atoms with Crippen molar-refractivity contribution in [2.45, 2.75) is 89.9 Å². The number of benzene rings is 2. The normalized spacial score (nSPS) is 25.5. The molecule has 2 nitrogen and oxygen atoms in total. The first-order valence-corrected chi connectivity index (χ1v) is 12.9. The lowest BCUT2D eigenvalue weighted by molar-refractivity contribution is 0.0595. The molecule has 0 amide bonds. The van der Waals surface area contributed by atoms with Gasteiger partial charge in [-0.05, 0) is 84.2 Å². The Morgan fingerprint density at radius 3 is 2.53 bits per heavy atom. The SMILES string of the molecule is CCCCCCCC1CC[C@@H]2CC(c3ccc4cc(C(=O)OC)c(F)cc4c3)CC[C@H]2C1. The predicted octanol–water partition coefficient (Wildman–Crippen LogP) is 8.43. The number of carbonyl (C=O) groups is 1. The van der Waals surface area contributed by atoms with Crippen molar-refractivity contribution in [3.05, 3.63) is 47.3 Å². The molecular weight excluding hydrogens is 399 g/mol. The highest BCUT2D eigenvalue weighted by molar-refractivity contribution is 5.95. The maximum absolute atomic E-state index is 14.4. The summed E-state index contributed by atoms with van der Waals surface area (Å²) in [5.74, 6) is 2.19. The number of ether oxygens (including phenoxy) is 1. The first-order valence-electron chi connectivity index (χ1n) is 12.9. The van der Waals surface area contributed by atoms with Gasteiger partial charge in [-0.15, -0.1) is 0 Å². The minimum Gasteiger partial charge on any atom is -0.465 e. The first-order chi connectivity index (χ1) is 15.6. The number of hydrogen-bond acceptors (Lipinski definition) is 2. The molecule has 2 aromatic carbocycles. The molecule has 0 saturated heterocycles. The van der Waals surface area contributed by atoms with Crippen LogP contribution in [0.15, 0.2) is 30.3 Å². The van der Waals surface area contributed by atoms with Gasteiger partial charge in [-0.25, -0.2) is 9.18 Å². The number of esters is 1. The zero-order valence-electron chi connectivity index (χ0n) is 19.9. The zero-order valence-corrected chi connectivity index (χ0v) is 19.9. The van der Waals surface area contributed by atoms with Gasteiger partial charge in [0, 0.05) is 0 Å². The van der Waals surface area contributed by atoms with Gasteiger partial charge in [-0.1, -0.05) is 70.1 Å². The maximum atomic E-state index is 14.4. The second-order valence-electron chi connectivity index (χ2n) is 10.3. The summed E-state index contributed by atoms with van der Waals surface area (Å²) in [6.45, 7) is 2.29. The van der Waals surface area contributed by atoms with Crippen LogP contribution in [0.25, 0.3) is 10.8 Å². The van der Waals surface area contributed by atoms with Gasteiger partial charge in [0.15, 0.2) is 0 Å². The molecule has 0 aromatic heterocycles. The smallest absolute Gasteiger partial charge is 0.340 e. The van der Waals surface area contributed by atoms with Gasteiger partial charge >= 0.3 is 5.97 Å². The molecule has 4 atom stereocenters. The van der Waals surface area contributed by atoms with Crippen LogP contribution in [0, 0.1) is 23.6 Å². The molecule has 2 aliphatic rings. The summed E-state index contributed by atoms with van der Waals surface area (Å²) in [6, 6.07) is 9.47. The molecule has 174 valence electrons. The maximum Gasteiger partial charge on any atom is 0.340 e. The number of carbonyl (C=O) groups excluding carboxylic acids is 1. The first kappa shape index (κ1) is 23.3. The van der Waals surface area contributed by atoms with Gasteiger partial charge < -0.3 is 4.74 Å². The molecule has 0 heterocycles. The molecule has 3 heteroatoms. The third-order valence-electron chi connectivity index (χ3n) is 8.26. The Labute approximate surface area is 192 Å². The van der Waals surface area contributed by atoms with E-state index in [0.717, 1.165) is 28.5 Å². The fourth-order valence-corrected chi connectivity index (χ4v) is 6.40. The number of hydrogen-bond donors (Lipinski definition) is 0. The second-order valence-corrected chi connectivity index (χ2v) is 10.3. The van der Waals surface area contributed by atoms with Gasteiger partial charge in [0.2, 0.25) is 0 Å². The Bertz CT molecular complexity index is 921. The van der Waals surface area contributed by atoms with Crippen LogP contribution in [0.3, 0.4) is 0 Å². The third-order valence-corrected chi connectivity index (χ3v) is 8.26. The van der Waals surface area contributed by atoms with Crippen molar-refractivity contribution >= 4 is 16.7 Å². The zero-order chi connectivity index (χ0) is 22.5. The van der Waals surface area contributed by atoms with Crippen LogP contribution in [0.4, 0.5) is 4.39 Å². The van der Waals surface area contributed by atoms with Gasteiger partial charge in [0.1, 0.15) is 5.82 Å². The van der Waals surface area contributed by atoms with E-state index in [1.54, 1.807) is 6.07 Å². The van der Waals surface area contributed by atoms with Crippen LogP contribution in [0.2, 0.25) is 0 Å². The van der Waals surface area contributed by atoms with Crippen LogP contribution in [-0.2, 0) is 4.74 Å². The van der Waals surface area contributed by atoms with E-state index in [4.69, 9.17) is 4.74 Å². The summed E-state index contributed by atoms with van der Waals surface area (Å²) in [7, 11) is 1.28. The van der Waals surface area contributed by atoms with Crippen LogP contribution in [0.5, 0.6) is 0 Å². The predicted molar refractivity (Wildman–Crippen MR) is 130 cm³/mol. The van der Waals surface area contributed by atoms with E-state index in [9.17, 15) is 9.18 Å². The Morgan fingerprint density at radius 2 is 1.72 bits per heavy atom. The van der Waals surface area contributed by atoms with Crippen LogP contribution in [0.1, 0.15) is 106 Å². The second kappa shape index (κ2) is 10.8. The fourth-order valence-electron chi connectivity index (χ4n) is 6.40. The van der Waals surface area contributed by atoms with E-state index in [1.165, 1.54) is 95.8 Å². The lowest BCUT2D eigenvalue weighted by Gasteiger charge is -2.42. The molecule has 0 spiro atoms. The molecule has 0 radical (unpaired) electrons. The molecule has 2 fully saturated rings. The molecule has 0 aliphatic heterocycles. The average molecular weight is 439 g/mol. The van der Waals surface area contributed by atoms with Gasteiger partial charge in [-0.2, -0.15) is 0 Å². The topological polar surface area (TPSA) is 26.3 Å². The Balaban J connectivity index is 1.36. The Hall–Kier alpha value is -1.90. The minimum atomic E-state index is -0.622. The van der Waals surface area contributed by atoms with Crippen LogP contribution < -0.4 is 0 Å². The summed E-state index contributed by atoms with van der Waals surface area (Å²) in [5, 5.41) is 1.77. The van der Waals surface area contributed by atoms with Crippen molar-refractivity contribution in [2.75, 3.05) is 7.11 Å². The third kappa shape index (κ3) is 5.35. The lowest BCUT2D eigenvalue weighted by Crippen LogP contribution is -2.30. The summed E-state index contributed by atoms with van der Waals surface area (Å²) < 4.78 is 19.1. The van der Waals surface area contributed by atoms with Gasteiger partial charge in [-0.3, -0.25) is 0 Å². The van der Waals surface area contributed by atoms with Crippen LogP contribution in [-0.4, -0.2) is 13.1 Å². The quantitative estimate of drug-likeness (QED) is 0.305. The van der Waals surface area contributed by atoms with Crippen molar-refractivity contribution in [2.24, 2.45) is 17.8 Å². The monoisotopic (exact) mass is 438 g/mol. The molecule has 2 saturated carbocycles. The summed E-state index contributed by atoms with van der Waals surface area (Å²) in [4.78, 5) is 11.8. The van der Waals surface area contributed by atoms with Crippen molar-refractivity contribution in [1.82, 2.24) is 0 Å². The van der Waals surface area contributed by atoms with E-state index in [-0.39, 0.29) is 5.56 Å². The van der Waals surface area contributed by atoms with E-state index in [0.29, 0.717) is 5.92 Å². The molecule has 0 bridgehead atoms. The van der Waals surface area contributed by atoms with Gasteiger partial charge in [0.05, 0.1) is 12.7 Å². The molecule has 32 heavy (non-hydrogen) atoms. The highest BCUT2D eigenvalue weighted by Crippen LogP contribution is 2.48. The minimum absolute atomic E-state index is 0.00961. The summed E-state index contributed by atoms with van der Waals surface area (Å²) >= 11 is 0. The Morgan fingerprint density at radius 1 is 0.938 bits per heavy atom. The summed E-state index contributed by atoms with van der Waals surface area (Å²) in [5.41, 5.74) is 1.34. The number of rotatable bonds is 8. The summed E-state index contributed by atoms with van der Waals surface area (Å²) in [6.07, 6.45) is 16.6. The van der Waals surface area contributed by atoms with E-state index in [1.807, 2.05) is 6.07 Å². The number of methoxy groups -OCH3 is 1. The molecule has 2 aliphatic carbocycles. The number of halogens is 1. The van der Waals surface area contributed by atoms with Crippen molar-refractivity contribution in [3.63, 3.8) is 0 Å². The highest BCUT2D eigenvalue weighted by atomic mass is 19.1. The molecular formula is C29H39FO2. The van der Waals surface area contributed by atoms with Crippen molar-refractivity contribution in [1.29, 1.82) is 0 Å². The largest absolute Gasteiger partial charge is 0.465 e. The van der Waals surface area contributed by atoms with E-state index in [2.05, 4.69) is 19.1 Å². The van der Waals surface area contributed by atoms with E-state index < -0.39 is 11.8 Å². The standard InChI is InChI=1S/C29H39FO2/c1-3-4-5-6-7-8-20-9-10-22-16-23(12-11-21(22)15-20)24-13-14-25-18-27(29(31)32-2)28(30)19-26(25)17-24/h13-14,17-23H,3-12,15-16H2,1-2H3/t20?,21-,22+,23?/m0/s1. The van der Waals surface area contributed by atoms with Crippen LogP contribution >= 0.6 is 0 Å².